The van der Waals surface area contributed by atoms with Crippen LogP contribution >= 0.6 is 0 Å². The topological polar surface area (TPSA) is 26.3 Å². The molecule has 0 spiro atoms. The molecule has 2 aliphatic rings. The maximum absolute atomic E-state index is 11.0. The Labute approximate surface area is 79.0 Å². The van der Waals surface area contributed by atoms with Crippen molar-refractivity contribution in [2.75, 3.05) is 0 Å². The molecule has 1 heterocycles. The van der Waals surface area contributed by atoms with E-state index in [0.717, 1.165) is 12.8 Å². The maximum atomic E-state index is 11.0. The Bertz CT molecular complexity index is 222. The van der Waals surface area contributed by atoms with Gasteiger partial charge in [0.05, 0.1) is 6.42 Å². The molecule has 3 atom stereocenters. The highest BCUT2D eigenvalue weighted by atomic mass is 16.5. The molecule has 2 heteroatoms. The molecule has 0 aromatic heterocycles. The zero-order valence-corrected chi connectivity index (χ0v) is 7.87. The zero-order valence-electron chi connectivity index (χ0n) is 7.87. The first-order valence-electron chi connectivity index (χ1n) is 5.11. The van der Waals surface area contributed by atoms with E-state index < -0.39 is 0 Å². The summed E-state index contributed by atoms with van der Waals surface area (Å²) in [6.07, 6.45) is 7.44. The van der Waals surface area contributed by atoms with E-state index in [4.69, 9.17) is 4.74 Å². The standard InChI is InChI=1S/C11H16O2/c1-2-3-4-8-5-6-10-9(8)7-11(12)13-10/h2,8-10H,1,3-7H2. The molecule has 0 bridgehead atoms. The molecular weight excluding hydrogens is 164 g/mol. The van der Waals surface area contributed by atoms with Crippen LogP contribution in [0, 0.1) is 11.8 Å². The summed E-state index contributed by atoms with van der Waals surface area (Å²) >= 11 is 0. The van der Waals surface area contributed by atoms with Crippen molar-refractivity contribution in [2.24, 2.45) is 11.8 Å². The van der Waals surface area contributed by atoms with Crippen molar-refractivity contribution in [1.82, 2.24) is 0 Å². The Morgan fingerprint density at radius 3 is 3.15 bits per heavy atom. The lowest BCUT2D eigenvalue weighted by atomic mass is 9.89. The fraction of sp³-hybridized carbons (Fsp3) is 0.727. The number of hydrogen-bond donors (Lipinski definition) is 0. The number of carbonyl (C=O) groups excluding carboxylic acids is 1. The van der Waals surface area contributed by atoms with Crippen molar-refractivity contribution in [1.29, 1.82) is 0 Å². The summed E-state index contributed by atoms with van der Waals surface area (Å²) in [5.74, 6) is 1.24. The molecule has 2 nitrogen and oxygen atoms in total. The lowest BCUT2D eigenvalue weighted by Gasteiger charge is -2.14. The molecule has 1 saturated heterocycles. The van der Waals surface area contributed by atoms with Gasteiger partial charge in [0.1, 0.15) is 6.10 Å². The molecule has 1 aliphatic carbocycles. The first-order valence-corrected chi connectivity index (χ1v) is 5.11. The summed E-state index contributed by atoms with van der Waals surface area (Å²) in [5, 5.41) is 0. The molecular formula is C11H16O2. The Morgan fingerprint density at radius 1 is 1.54 bits per heavy atom. The lowest BCUT2D eigenvalue weighted by Crippen LogP contribution is -2.13. The summed E-state index contributed by atoms with van der Waals surface area (Å²) in [4.78, 5) is 11.0. The Kier molecular flexibility index (Phi) is 2.38. The molecule has 3 unspecified atom stereocenters. The highest BCUT2D eigenvalue weighted by Crippen LogP contribution is 2.43. The molecule has 2 rings (SSSR count). The Morgan fingerprint density at radius 2 is 2.38 bits per heavy atom. The van der Waals surface area contributed by atoms with E-state index in [9.17, 15) is 4.79 Å². The molecule has 0 N–H and O–H groups in total. The van der Waals surface area contributed by atoms with E-state index in [1.54, 1.807) is 0 Å². The van der Waals surface area contributed by atoms with Gasteiger partial charge in [-0.15, -0.1) is 6.58 Å². The van der Waals surface area contributed by atoms with Crippen molar-refractivity contribution < 1.29 is 9.53 Å². The summed E-state index contributed by atoms with van der Waals surface area (Å²) in [6, 6.07) is 0. The van der Waals surface area contributed by atoms with Crippen LogP contribution in [0.15, 0.2) is 12.7 Å². The van der Waals surface area contributed by atoms with Gasteiger partial charge in [-0.2, -0.15) is 0 Å². The van der Waals surface area contributed by atoms with Gasteiger partial charge in [0.15, 0.2) is 0 Å². The minimum Gasteiger partial charge on any atom is -0.462 e. The van der Waals surface area contributed by atoms with Crippen LogP contribution in [0.1, 0.15) is 32.1 Å². The number of fused-ring (bicyclic) bond motifs is 1. The van der Waals surface area contributed by atoms with E-state index in [-0.39, 0.29) is 12.1 Å². The van der Waals surface area contributed by atoms with Gasteiger partial charge >= 0.3 is 5.97 Å². The number of hydrogen-bond acceptors (Lipinski definition) is 2. The average Bonchev–Trinajstić information content (AvgIpc) is 2.61. The summed E-state index contributed by atoms with van der Waals surface area (Å²) in [7, 11) is 0. The number of allylic oxidation sites excluding steroid dienone is 1. The van der Waals surface area contributed by atoms with E-state index in [0.29, 0.717) is 18.3 Å². The number of ether oxygens (including phenoxy) is 1. The number of carbonyl (C=O) groups is 1. The van der Waals surface area contributed by atoms with Crippen molar-refractivity contribution in [3.8, 4) is 0 Å². The van der Waals surface area contributed by atoms with Crippen molar-refractivity contribution in [3.05, 3.63) is 12.7 Å². The SMILES string of the molecule is C=CCCC1CCC2OC(=O)CC12. The van der Waals surface area contributed by atoms with Crippen LogP contribution in [0.4, 0.5) is 0 Å². The van der Waals surface area contributed by atoms with Crippen LogP contribution in [-0.4, -0.2) is 12.1 Å². The maximum Gasteiger partial charge on any atom is 0.306 e. The molecule has 2 fully saturated rings. The highest BCUT2D eigenvalue weighted by Gasteiger charge is 2.43. The first-order chi connectivity index (χ1) is 6.31. The lowest BCUT2D eigenvalue weighted by molar-refractivity contribution is -0.141. The minimum atomic E-state index is 0.0123. The van der Waals surface area contributed by atoms with Crippen LogP contribution in [0.3, 0.4) is 0 Å². The van der Waals surface area contributed by atoms with Gasteiger partial charge in [0.2, 0.25) is 0 Å². The predicted molar refractivity (Wildman–Crippen MR) is 50.1 cm³/mol. The molecule has 0 radical (unpaired) electrons. The molecule has 0 aromatic carbocycles. The van der Waals surface area contributed by atoms with Gasteiger partial charge in [-0.25, -0.2) is 0 Å². The van der Waals surface area contributed by atoms with E-state index in [2.05, 4.69) is 6.58 Å². The van der Waals surface area contributed by atoms with Gasteiger partial charge in [-0.05, 0) is 31.6 Å². The fourth-order valence-corrected chi connectivity index (χ4v) is 2.65. The quantitative estimate of drug-likeness (QED) is 0.492. The van der Waals surface area contributed by atoms with Crippen LogP contribution in [0.2, 0.25) is 0 Å². The average molecular weight is 180 g/mol. The summed E-state index contributed by atoms with van der Waals surface area (Å²) in [6.45, 7) is 3.72. The first kappa shape index (κ1) is 8.79. The number of rotatable bonds is 3. The molecule has 1 saturated carbocycles. The second-order valence-corrected chi connectivity index (χ2v) is 4.10. The van der Waals surface area contributed by atoms with E-state index in [1.165, 1.54) is 12.8 Å². The van der Waals surface area contributed by atoms with Crippen molar-refractivity contribution in [3.63, 3.8) is 0 Å². The zero-order chi connectivity index (χ0) is 9.26. The Balaban J connectivity index is 1.92. The van der Waals surface area contributed by atoms with Crippen LogP contribution in [0.5, 0.6) is 0 Å². The van der Waals surface area contributed by atoms with E-state index in [1.807, 2.05) is 6.08 Å². The third-order valence-electron chi connectivity index (χ3n) is 3.33. The normalized spacial score (nSPS) is 37.2. The molecule has 0 aromatic rings. The highest BCUT2D eigenvalue weighted by molar-refractivity contribution is 5.72. The predicted octanol–water partition coefficient (Wildman–Crippen LogP) is 2.29. The van der Waals surface area contributed by atoms with Gasteiger partial charge in [0.25, 0.3) is 0 Å². The summed E-state index contributed by atoms with van der Waals surface area (Å²) in [5.41, 5.74) is 0. The smallest absolute Gasteiger partial charge is 0.306 e. The number of esters is 1. The third kappa shape index (κ3) is 1.62. The Hall–Kier alpha value is -0.790. The van der Waals surface area contributed by atoms with Crippen LogP contribution in [0.25, 0.3) is 0 Å². The molecule has 72 valence electrons. The largest absolute Gasteiger partial charge is 0.462 e. The molecule has 0 amide bonds. The van der Waals surface area contributed by atoms with Crippen LogP contribution < -0.4 is 0 Å². The summed E-state index contributed by atoms with van der Waals surface area (Å²) < 4.78 is 5.23. The van der Waals surface area contributed by atoms with Gasteiger partial charge < -0.3 is 4.74 Å². The van der Waals surface area contributed by atoms with Gasteiger partial charge in [-0.1, -0.05) is 6.08 Å². The second kappa shape index (κ2) is 3.52. The van der Waals surface area contributed by atoms with Gasteiger partial charge in [-0.3, -0.25) is 4.79 Å². The molecule has 1 aliphatic heterocycles. The van der Waals surface area contributed by atoms with Crippen LogP contribution in [-0.2, 0) is 9.53 Å². The van der Waals surface area contributed by atoms with Crippen molar-refractivity contribution >= 4 is 5.97 Å². The monoisotopic (exact) mass is 180 g/mol. The van der Waals surface area contributed by atoms with Crippen molar-refractivity contribution in [2.45, 2.75) is 38.2 Å². The van der Waals surface area contributed by atoms with Gasteiger partial charge in [0, 0.05) is 5.92 Å². The van der Waals surface area contributed by atoms with E-state index >= 15 is 0 Å². The fourth-order valence-electron chi connectivity index (χ4n) is 2.65. The molecule has 13 heavy (non-hydrogen) atoms. The third-order valence-corrected chi connectivity index (χ3v) is 3.33. The second-order valence-electron chi connectivity index (χ2n) is 4.10. The minimum absolute atomic E-state index is 0.0123.